The van der Waals surface area contributed by atoms with E-state index in [0.717, 1.165) is 10.5 Å². The second-order valence-electron chi connectivity index (χ2n) is 7.49. The smallest absolute Gasteiger partial charge is 0.355 e. The molecular formula is C24H19N3O4S. The van der Waals surface area contributed by atoms with E-state index < -0.39 is 28.6 Å². The second kappa shape index (κ2) is 8.07. The van der Waals surface area contributed by atoms with Crippen molar-refractivity contribution in [2.75, 3.05) is 19.1 Å². The Morgan fingerprint density at radius 1 is 1.00 bits per heavy atom. The number of carbonyl (C=O) groups excluding carboxylic acids is 2. The van der Waals surface area contributed by atoms with Crippen LogP contribution in [-0.2, 0) is 19.1 Å². The lowest BCUT2D eigenvalue weighted by Gasteiger charge is -2.45. The molecule has 0 bridgehead atoms. The SMILES string of the molecule is COC(=O)C1=C(C(=O)OC)N2c3ccccc3S[C@H]2C(C#N)(C#N)[C@H]1c1ccc(C)cc1. The van der Waals surface area contributed by atoms with Crippen LogP contribution in [0.1, 0.15) is 17.0 Å². The standard InChI is InChI=1S/C24H19N3O4S/c1-14-8-10-15(11-9-14)19-18(21(28)30-2)20(22(29)31-3)27-16-6-4-5-7-17(16)32-23(27)24(19,12-25)13-26/h4-11,19,23H,1-3H3/t19-,23-/m0/s1. The van der Waals surface area contributed by atoms with E-state index in [1.54, 1.807) is 29.2 Å². The minimum Gasteiger partial charge on any atom is -0.466 e. The Bertz CT molecular complexity index is 1210. The van der Waals surface area contributed by atoms with Crippen molar-refractivity contribution in [2.24, 2.45) is 5.41 Å². The number of anilines is 1. The largest absolute Gasteiger partial charge is 0.466 e. The van der Waals surface area contributed by atoms with Gasteiger partial charge >= 0.3 is 11.9 Å². The maximum atomic E-state index is 13.1. The third-order valence-corrected chi connectivity index (χ3v) is 7.20. The van der Waals surface area contributed by atoms with Crippen LogP contribution in [0.4, 0.5) is 5.69 Å². The number of hydrogen-bond acceptors (Lipinski definition) is 8. The minimum atomic E-state index is -1.69. The predicted molar refractivity (Wildman–Crippen MR) is 117 cm³/mol. The molecule has 2 atom stereocenters. The Kier molecular flexibility index (Phi) is 5.41. The number of carbonyl (C=O) groups is 2. The van der Waals surface area contributed by atoms with Crippen molar-refractivity contribution in [3.63, 3.8) is 0 Å². The van der Waals surface area contributed by atoms with E-state index in [4.69, 9.17) is 9.47 Å². The van der Waals surface area contributed by atoms with Gasteiger partial charge in [0.1, 0.15) is 11.1 Å². The molecule has 160 valence electrons. The van der Waals surface area contributed by atoms with Crippen molar-refractivity contribution in [1.82, 2.24) is 0 Å². The van der Waals surface area contributed by atoms with Crippen LogP contribution in [0.5, 0.6) is 0 Å². The number of thioether (sulfide) groups is 1. The molecule has 0 unspecified atom stereocenters. The number of benzene rings is 2. The van der Waals surface area contributed by atoms with Crippen LogP contribution in [0.15, 0.2) is 64.7 Å². The number of hydrogen-bond donors (Lipinski definition) is 0. The van der Waals surface area contributed by atoms with E-state index in [0.29, 0.717) is 11.3 Å². The molecule has 2 aliphatic heterocycles. The molecule has 32 heavy (non-hydrogen) atoms. The predicted octanol–water partition coefficient (Wildman–Crippen LogP) is 3.66. The van der Waals surface area contributed by atoms with Gasteiger partial charge in [-0.05, 0) is 24.6 Å². The van der Waals surface area contributed by atoms with Crippen molar-refractivity contribution < 1.29 is 19.1 Å². The molecule has 0 fully saturated rings. The van der Waals surface area contributed by atoms with E-state index in [2.05, 4.69) is 12.1 Å². The zero-order valence-corrected chi connectivity index (χ0v) is 18.5. The topological polar surface area (TPSA) is 103 Å². The summed E-state index contributed by atoms with van der Waals surface area (Å²) in [6, 6.07) is 18.9. The first-order valence-electron chi connectivity index (χ1n) is 9.78. The fourth-order valence-corrected chi connectivity index (χ4v) is 5.75. The number of fused-ring (bicyclic) bond motifs is 3. The van der Waals surface area contributed by atoms with Gasteiger partial charge in [-0.1, -0.05) is 53.7 Å². The lowest BCUT2D eigenvalue weighted by atomic mass is 9.66. The lowest BCUT2D eigenvalue weighted by Crippen LogP contribution is -2.53. The Labute approximate surface area is 189 Å². The highest BCUT2D eigenvalue weighted by Gasteiger charge is 2.62. The number of nitriles is 2. The van der Waals surface area contributed by atoms with Gasteiger partial charge in [-0.25, -0.2) is 9.59 Å². The molecule has 2 heterocycles. The molecule has 2 aromatic rings. The lowest BCUT2D eigenvalue weighted by molar-refractivity contribution is -0.140. The summed E-state index contributed by atoms with van der Waals surface area (Å²) in [6.45, 7) is 1.91. The quantitative estimate of drug-likeness (QED) is 0.660. The number of aryl methyl sites for hydroxylation is 1. The highest BCUT2D eigenvalue weighted by atomic mass is 32.2. The van der Waals surface area contributed by atoms with Gasteiger partial charge in [0.05, 0.1) is 43.5 Å². The molecule has 7 nitrogen and oxygen atoms in total. The van der Waals surface area contributed by atoms with Gasteiger partial charge in [-0.3, -0.25) is 0 Å². The molecule has 0 N–H and O–H groups in total. The summed E-state index contributed by atoms with van der Waals surface area (Å²) in [5, 5.41) is 20.0. The van der Waals surface area contributed by atoms with Gasteiger partial charge < -0.3 is 14.4 Å². The number of methoxy groups -OCH3 is 2. The van der Waals surface area contributed by atoms with Crippen LogP contribution < -0.4 is 4.90 Å². The number of nitrogens with zero attached hydrogens (tertiary/aromatic N) is 3. The molecular weight excluding hydrogens is 426 g/mol. The summed E-state index contributed by atoms with van der Waals surface area (Å²) in [4.78, 5) is 28.6. The third kappa shape index (κ3) is 2.96. The van der Waals surface area contributed by atoms with E-state index in [1.165, 1.54) is 26.0 Å². The normalized spacial score (nSPS) is 20.5. The van der Waals surface area contributed by atoms with Crippen LogP contribution in [0.2, 0.25) is 0 Å². The molecule has 2 aliphatic rings. The van der Waals surface area contributed by atoms with E-state index in [-0.39, 0.29) is 11.3 Å². The highest BCUT2D eigenvalue weighted by Crippen LogP contribution is 2.60. The van der Waals surface area contributed by atoms with Gasteiger partial charge in [0.15, 0.2) is 5.41 Å². The van der Waals surface area contributed by atoms with Crippen molar-refractivity contribution in [3.8, 4) is 12.1 Å². The molecule has 0 aromatic heterocycles. The summed E-state index contributed by atoms with van der Waals surface area (Å²) in [7, 11) is 2.43. The number of ether oxygens (including phenoxy) is 2. The molecule has 0 saturated carbocycles. The van der Waals surface area contributed by atoms with Crippen molar-refractivity contribution in [1.29, 1.82) is 10.5 Å². The Morgan fingerprint density at radius 2 is 1.62 bits per heavy atom. The molecule has 0 amide bonds. The van der Waals surface area contributed by atoms with Gasteiger partial charge in [-0.15, -0.1) is 0 Å². The Hall–Kier alpha value is -3.75. The Morgan fingerprint density at radius 3 is 2.22 bits per heavy atom. The molecule has 0 saturated heterocycles. The average molecular weight is 446 g/mol. The zero-order valence-electron chi connectivity index (χ0n) is 17.7. The summed E-state index contributed by atoms with van der Waals surface area (Å²) in [5.74, 6) is -2.56. The first-order valence-corrected chi connectivity index (χ1v) is 10.7. The van der Waals surface area contributed by atoms with E-state index in [1.807, 2.05) is 31.2 Å². The molecule has 4 rings (SSSR count). The summed E-state index contributed by atoms with van der Waals surface area (Å²) in [6.07, 6.45) is 0. The van der Waals surface area contributed by atoms with Crippen LogP contribution in [0, 0.1) is 35.0 Å². The van der Waals surface area contributed by atoms with Crippen LogP contribution >= 0.6 is 11.8 Å². The molecule has 2 aromatic carbocycles. The van der Waals surface area contributed by atoms with Crippen molar-refractivity contribution >= 4 is 29.4 Å². The second-order valence-corrected chi connectivity index (χ2v) is 8.61. The van der Waals surface area contributed by atoms with Crippen LogP contribution in [0.25, 0.3) is 0 Å². The minimum absolute atomic E-state index is 0.0199. The maximum absolute atomic E-state index is 13.1. The summed E-state index contributed by atoms with van der Waals surface area (Å²) >= 11 is 1.32. The number of rotatable bonds is 3. The van der Waals surface area contributed by atoms with Gasteiger partial charge in [-0.2, -0.15) is 10.5 Å². The van der Waals surface area contributed by atoms with Crippen LogP contribution in [-0.4, -0.2) is 31.5 Å². The monoisotopic (exact) mass is 445 g/mol. The molecule has 8 heteroatoms. The van der Waals surface area contributed by atoms with Gasteiger partial charge in [0, 0.05) is 4.90 Å². The zero-order chi connectivity index (χ0) is 23.0. The van der Waals surface area contributed by atoms with E-state index in [9.17, 15) is 20.1 Å². The molecule has 0 spiro atoms. The summed E-state index contributed by atoms with van der Waals surface area (Å²) < 4.78 is 10.1. The fourth-order valence-electron chi connectivity index (χ4n) is 4.31. The molecule has 0 radical (unpaired) electrons. The molecule has 0 aliphatic carbocycles. The van der Waals surface area contributed by atoms with Crippen molar-refractivity contribution in [3.05, 3.63) is 70.9 Å². The van der Waals surface area contributed by atoms with E-state index >= 15 is 0 Å². The van der Waals surface area contributed by atoms with Gasteiger partial charge in [0.25, 0.3) is 0 Å². The van der Waals surface area contributed by atoms with Crippen LogP contribution in [0.3, 0.4) is 0 Å². The van der Waals surface area contributed by atoms with Crippen molar-refractivity contribution in [2.45, 2.75) is 23.1 Å². The fraction of sp³-hybridized carbons (Fsp3) is 0.250. The maximum Gasteiger partial charge on any atom is 0.355 e. The first kappa shape index (κ1) is 21.5. The Balaban J connectivity index is 2.13. The summed E-state index contributed by atoms with van der Waals surface area (Å²) in [5.41, 5.74) is 0.386. The first-order chi connectivity index (χ1) is 15.4. The average Bonchev–Trinajstić information content (AvgIpc) is 3.22. The van der Waals surface area contributed by atoms with Gasteiger partial charge in [0.2, 0.25) is 0 Å². The number of para-hydroxylation sites is 1. The third-order valence-electron chi connectivity index (χ3n) is 5.79. The number of esters is 2. The highest BCUT2D eigenvalue weighted by molar-refractivity contribution is 8.00.